The molecule has 0 aliphatic heterocycles. The first kappa shape index (κ1) is 11.3. The fraction of sp³-hybridized carbons (Fsp3) is 0.889. The van der Waals surface area contributed by atoms with Crippen molar-refractivity contribution in [3.8, 4) is 0 Å². The van der Waals surface area contributed by atoms with E-state index in [0.717, 1.165) is 13.1 Å². The summed E-state index contributed by atoms with van der Waals surface area (Å²) < 4.78 is 0. The first-order chi connectivity index (χ1) is 5.42. The highest BCUT2D eigenvalue weighted by Crippen LogP contribution is 2.03. The van der Waals surface area contributed by atoms with Crippen LogP contribution < -0.4 is 0 Å². The molecule has 0 spiro atoms. The zero-order chi connectivity index (χ0) is 9.61. The molecule has 0 saturated heterocycles. The van der Waals surface area contributed by atoms with E-state index in [0.29, 0.717) is 0 Å². The van der Waals surface area contributed by atoms with Gasteiger partial charge >= 0.3 is 0 Å². The highest BCUT2D eigenvalue weighted by atomic mass is 15.1. The Morgan fingerprint density at radius 1 is 1.25 bits per heavy atom. The molecular weight excluding hydrogens is 150 g/mol. The second kappa shape index (κ2) is 5.07. The normalized spacial score (nSPS) is 11.2. The summed E-state index contributed by atoms with van der Waals surface area (Å²) in [5.74, 6) is 0. The minimum Gasteiger partial charge on any atom is -0.308 e. The van der Waals surface area contributed by atoms with Crippen molar-refractivity contribution in [2.45, 2.75) is 26.3 Å². The van der Waals surface area contributed by atoms with Crippen LogP contribution in [-0.2, 0) is 0 Å². The molecule has 3 heteroatoms. The van der Waals surface area contributed by atoms with E-state index in [2.05, 4.69) is 20.9 Å². The second-order valence-corrected chi connectivity index (χ2v) is 4.07. The largest absolute Gasteiger partial charge is 0.308 e. The fourth-order valence-corrected chi connectivity index (χ4v) is 0.485. The Hall–Kier alpha value is -0.660. The minimum atomic E-state index is -0.0540. The zero-order valence-electron chi connectivity index (χ0n) is 8.76. The average molecular weight is 169 g/mol. The summed E-state index contributed by atoms with van der Waals surface area (Å²) in [7, 11) is 4.05. The van der Waals surface area contributed by atoms with Crippen molar-refractivity contribution in [3.05, 3.63) is 0 Å². The highest BCUT2D eigenvalue weighted by molar-refractivity contribution is 5.42. The van der Waals surface area contributed by atoms with E-state index in [1.807, 2.05) is 34.9 Å². The van der Waals surface area contributed by atoms with Crippen LogP contribution in [0.25, 0.3) is 0 Å². The first-order valence-corrected chi connectivity index (χ1v) is 4.20. The van der Waals surface area contributed by atoms with Gasteiger partial charge in [-0.25, -0.2) is 9.98 Å². The van der Waals surface area contributed by atoms with Crippen LogP contribution in [0.15, 0.2) is 9.98 Å². The fourth-order valence-electron chi connectivity index (χ4n) is 0.485. The number of hydrogen-bond acceptors (Lipinski definition) is 3. The van der Waals surface area contributed by atoms with E-state index in [4.69, 9.17) is 0 Å². The molecule has 0 saturated carbocycles. The van der Waals surface area contributed by atoms with Crippen LogP contribution in [-0.4, -0.2) is 43.6 Å². The lowest BCUT2D eigenvalue weighted by molar-refractivity contribution is 0.420. The van der Waals surface area contributed by atoms with Crippen LogP contribution in [0.2, 0.25) is 0 Å². The van der Waals surface area contributed by atoms with Gasteiger partial charge in [0.25, 0.3) is 0 Å². The molecule has 0 aromatic rings. The number of hydrogen-bond donors (Lipinski definition) is 0. The molecule has 0 heterocycles. The molecule has 12 heavy (non-hydrogen) atoms. The van der Waals surface area contributed by atoms with Crippen molar-refractivity contribution in [3.63, 3.8) is 0 Å². The summed E-state index contributed by atoms with van der Waals surface area (Å²) in [6.45, 7) is 7.81. The van der Waals surface area contributed by atoms with Crippen LogP contribution in [0.1, 0.15) is 20.8 Å². The molecule has 0 bridgehead atoms. The molecule has 0 amide bonds. The van der Waals surface area contributed by atoms with Gasteiger partial charge in [-0.2, -0.15) is 0 Å². The molecule has 0 N–H and O–H groups in total. The maximum Gasteiger partial charge on any atom is 0.0898 e. The van der Waals surface area contributed by atoms with Gasteiger partial charge in [0.1, 0.15) is 0 Å². The molecule has 0 aromatic heterocycles. The van der Waals surface area contributed by atoms with Gasteiger partial charge in [0, 0.05) is 6.54 Å². The summed E-state index contributed by atoms with van der Waals surface area (Å²) in [4.78, 5) is 10.2. The Bertz CT molecular complexity index is 171. The van der Waals surface area contributed by atoms with Gasteiger partial charge in [-0.1, -0.05) is 0 Å². The van der Waals surface area contributed by atoms with Crippen molar-refractivity contribution in [1.29, 1.82) is 0 Å². The molecule has 3 nitrogen and oxygen atoms in total. The van der Waals surface area contributed by atoms with Gasteiger partial charge in [-0.05, 0) is 34.9 Å². The Morgan fingerprint density at radius 3 is 2.25 bits per heavy atom. The van der Waals surface area contributed by atoms with Crippen LogP contribution in [0.4, 0.5) is 0 Å². The summed E-state index contributed by atoms with van der Waals surface area (Å²) in [6, 6.07) is 2.70. The number of rotatable bonds is 3. The van der Waals surface area contributed by atoms with Gasteiger partial charge in [-0.3, -0.25) is 0 Å². The molecule has 0 atom stereocenters. The van der Waals surface area contributed by atoms with E-state index in [1.165, 1.54) is 0 Å². The number of likely N-dealkylation sites (N-methyl/N-ethyl adjacent to an activating group) is 1. The maximum absolute atomic E-state index is 4.12. The molecule has 0 radical (unpaired) electrons. The summed E-state index contributed by atoms with van der Waals surface area (Å²) in [5.41, 5.74) is -0.0540. The van der Waals surface area contributed by atoms with E-state index in [1.54, 1.807) is 0 Å². The molecule has 0 fully saturated rings. The third-order valence-corrected chi connectivity index (χ3v) is 1.12. The van der Waals surface area contributed by atoms with Gasteiger partial charge in [-0.15, -0.1) is 0 Å². The Balaban J connectivity index is 3.69. The topological polar surface area (TPSA) is 28.0 Å². The molecule has 0 aliphatic rings. The SMILES string of the molecule is CN(C)CCN=C=NC(C)(C)C. The lowest BCUT2D eigenvalue weighted by atomic mass is 10.1. The third-order valence-electron chi connectivity index (χ3n) is 1.12. The molecule has 70 valence electrons. The van der Waals surface area contributed by atoms with E-state index < -0.39 is 0 Å². The summed E-state index contributed by atoms with van der Waals surface area (Å²) >= 11 is 0. The lowest BCUT2D eigenvalue weighted by Crippen LogP contribution is -2.15. The van der Waals surface area contributed by atoms with Crippen molar-refractivity contribution < 1.29 is 0 Å². The van der Waals surface area contributed by atoms with Gasteiger partial charge in [0.15, 0.2) is 0 Å². The Morgan fingerprint density at radius 2 is 1.83 bits per heavy atom. The quantitative estimate of drug-likeness (QED) is 0.589. The molecule has 0 aromatic carbocycles. The summed E-state index contributed by atoms with van der Waals surface area (Å²) in [6.07, 6.45) is 0. The summed E-state index contributed by atoms with van der Waals surface area (Å²) in [5, 5.41) is 0. The molecule has 0 rings (SSSR count). The number of nitrogens with zero attached hydrogens (tertiary/aromatic N) is 3. The standard InChI is InChI=1S/C9H19N3/c1-9(2,3)11-8-10-6-7-12(4)5/h6-7H2,1-5H3. The van der Waals surface area contributed by atoms with Crippen LogP contribution in [0, 0.1) is 0 Å². The predicted molar refractivity (Wildman–Crippen MR) is 53.0 cm³/mol. The average Bonchev–Trinajstić information content (AvgIpc) is 1.83. The third kappa shape index (κ3) is 9.34. The van der Waals surface area contributed by atoms with Gasteiger partial charge in [0.2, 0.25) is 0 Å². The monoisotopic (exact) mass is 169 g/mol. The van der Waals surface area contributed by atoms with E-state index in [-0.39, 0.29) is 5.54 Å². The number of aliphatic imine (C=N–C) groups is 2. The lowest BCUT2D eigenvalue weighted by Gasteiger charge is -2.07. The van der Waals surface area contributed by atoms with E-state index >= 15 is 0 Å². The Kier molecular flexibility index (Phi) is 4.79. The molecule has 0 aliphatic carbocycles. The van der Waals surface area contributed by atoms with Crippen LogP contribution >= 0.6 is 0 Å². The van der Waals surface area contributed by atoms with Gasteiger partial charge in [0.05, 0.1) is 18.1 Å². The molecular formula is C9H19N3. The molecule has 0 unspecified atom stereocenters. The van der Waals surface area contributed by atoms with Crippen molar-refractivity contribution in [2.24, 2.45) is 9.98 Å². The van der Waals surface area contributed by atoms with Crippen LogP contribution in [0.5, 0.6) is 0 Å². The second-order valence-electron chi connectivity index (χ2n) is 4.07. The highest BCUT2D eigenvalue weighted by Gasteiger charge is 2.03. The maximum atomic E-state index is 4.12. The van der Waals surface area contributed by atoms with Crippen LogP contribution in [0.3, 0.4) is 0 Å². The zero-order valence-corrected chi connectivity index (χ0v) is 8.76. The van der Waals surface area contributed by atoms with Crippen molar-refractivity contribution >= 4 is 6.01 Å². The predicted octanol–water partition coefficient (Wildman–Crippen LogP) is 1.52. The van der Waals surface area contributed by atoms with Gasteiger partial charge < -0.3 is 4.90 Å². The van der Waals surface area contributed by atoms with Crippen molar-refractivity contribution in [2.75, 3.05) is 27.2 Å². The first-order valence-electron chi connectivity index (χ1n) is 4.20. The van der Waals surface area contributed by atoms with Crippen molar-refractivity contribution in [1.82, 2.24) is 4.90 Å². The minimum absolute atomic E-state index is 0.0540. The van der Waals surface area contributed by atoms with E-state index in [9.17, 15) is 0 Å². The smallest absolute Gasteiger partial charge is 0.0898 e. The Labute approximate surface area is 75.2 Å².